The molecule has 0 bridgehead atoms. The summed E-state index contributed by atoms with van der Waals surface area (Å²) in [5.41, 5.74) is 2.26. The highest BCUT2D eigenvalue weighted by molar-refractivity contribution is 5.78. The first kappa shape index (κ1) is 10.8. The normalized spacial score (nSPS) is 9.71. The van der Waals surface area contributed by atoms with Gasteiger partial charge in [-0.15, -0.1) is 0 Å². The maximum atomic E-state index is 5.60. The minimum absolute atomic E-state index is 0.966. The van der Waals surface area contributed by atoms with Crippen molar-refractivity contribution in [3.05, 3.63) is 35.6 Å². The van der Waals surface area contributed by atoms with E-state index in [9.17, 15) is 0 Å². The molecule has 76 valence electrons. The van der Waals surface area contributed by atoms with Gasteiger partial charge in [-0.1, -0.05) is 32.9 Å². The molecule has 0 unspecified atom stereocenters. The van der Waals surface area contributed by atoms with Gasteiger partial charge in [0.15, 0.2) is 0 Å². The van der Waals surface area contributed by atoms with Crippen LogP contribution in [0.25, 0.3) is 11.0 Å². The average Bonchev–Trinajstić information content (AvgIpc) is 2.62. The second kappa shape index (κ2) is 4.85. The van der Waals surface area contributed by atoms with Crippen LogP contribution in [0.5, 0.6) is 0 Å². The summed E-state index contributed by atoms with van der Waals surface area (Å²) in [6, 6.07) is 8.40. The van der Waals surface area contributed by atoms with Crippen LogP contribution in [-0.2, 0) is 6.42 Å². The van der Waals surface area contributed by atoms with Crippen molar-refractivity contribution in [3.8, 4) is 0 Å². The Hall–Kier alpha value is -1.24. The maximum absolute atomic E-state index is 5.60. The predicted octanol–water partition coefficient (Wildman–Crippen LogP) is 4.33. The number of furan rings is 1. The van der Waals surface area contributed by atoms with Crippen LogP contribution in [0.2, 0.25) is 0 Å². The van der Waals surface area contributed by atoms with Gasteiger partial charge in [0.1, 0.15) is 11.3 Å². The third-order valence-electron chi connectivity index (χ3n) is 2.08. The van der Waals surface area contributed by atoms with Crippen LogP contribution in [0.4, 0.5) is 0 Å². The molecule has 2 aromatic rings. The first-order chi connectivity index (χ1) is 6.79. The Labute approximate surface area is 85.7 Å². The smallest absolute Gasteiger partial charge is 0.134 e. The first-order valence-electron chi connectivity index (χ1n) is 5.28. The van der Waals surface area contributed by atoms with E-state index in [2.05, 4.69) is 38.1 Å². The van der Waals surface area contributed by atoms with E-state index >= 15 is 0 Å². The van der Waals surface area contributed by atoms with E-state index in [1.165, 1.54) is 10.9 Å². The molecule has 2 rings (SSSR count). The van der Waals surface area contributed by atoms with Crippen LogP contribution in [0.1, 0.15) is 32.1 Å². The Morgan fingerprint density at radius 3 is 2.50 bits per heavy atom. The summed E-state index contributed by atoms with van der Waals surface area (Å²) in [5.74, 6) is 1.07. The lowest BCUT2D eigenvalue weighted by Crippen LogP contribution is -1.68. The molecule has 0 radical (unpaired) electrons. The molecule has 0 atom stereocenters. The SMILES string of the molecule is CC.CCc1cc2ccc(C)cc2o1. The van der Waals surface area contributed by atoms with Crippen LogP contribution in [0, 0.1) is 6.92 Å². The molecule has 0 N–H and O–H groups in total. The second-order valence-corrected chi connectivity index (χ2v) is 3.11. The molecule has 14 heavy (non-hydrogen) atoms. The quantitative estimate of drug-likeness (QED) is 0.652. The molecule has 1 heterocycles. The standard InChI is InChI=1S/C11H12O.C2H6/c1-3-10-7-9-5-4-8(2)6-11(9)12-10;1-2/h4-7H,3H2,1-2H3;1-2H3. The molecule has 0 saturated heterocycles. The first-order valence-corrected chi connectivity index (χ1v) is 5.28. The summed E-state index contributed by atoms with van der Waals surface area (Å²) in [4.78, 5) is 0. The van der Waals surface area contributed by atoms with Crippen LogP contribution in [-0.4, -0.2) is 0 Å². The molecule has 0 saturated carbocycles. The molecule has 0 fully saturated rings. The maximum Gasteiger partial charge on any atom is 0.134 e. The van der Waals surface area contributed by atoms with Crippen LogP contribution in [0.3, 0.4) is 0 Å². The van der Waals surface area contributed by atoms with E-state index in [1.807, 2.05) is 13.8 Å². The molecule has 0 spiro atoms. The Kier molecular flexibility index (Phi) is 3.75. The van der Waals surface area contributed by atoms with E-state index in [0.717, 1.165) is 17.8 Å². The second-order valence-electron chi connectivity index (χ2n) is 3.11. The zero-order valence-corrected chi connectivity index (χ0v) is 9.42. The highest BCUT2D eigenvalue weighted by Crippen LogP contribution is 2.20. The number of hydrogen-bond acceptors (Lipinski definition) is 1. The highest BCUT2D eigenvalue weighted by Gasteiger charge is 2.00. The Bertz CT molecular complexity index is 399. The van der Waals surface area contributed by atoms with Gasteiger partial charge in [0.05, 0.1) is 0 Å². The number of hydrogen-bond donors (Lipinski definition) is 0. The number of rotatable bonds is 1. The summed E-state index contributed by atoms with van der Waals surface area (Å²) in [7, 11) is 0. The summed E-state index contributed by atoms with van der Waals surface area (Å²) >= 11 is 0. The molecule has 0 aliphatic carbocycles. The molecule has 0 aliphatic heterocycles. The van der Waals surface area contributed by atoms with Gasteiger partial charge in [-0.3, -0.25) is 0 Å². The van der Waals surface area contributed by atoms with Crippen molar-refractivity contribution in [2.75, 3.05) is 0 Å². The predicted molar refractivity (Wildman–Crippen MR) is 61.7 cm³/mol. The topological polar surface area (TPSA) is 13.1 Å². The fourth-order valence-corrected chi connectivity index (χ4v) is 1.37. The molecule has 1 aromatic carbocycles. The zero-order valence-electron chi connectivity index (χ0n) is 9.42. The van der Waals surface area contributed by atoms with Crippen molar-refractivity contribution < 1.29 is 4.42 Å². The molecule has 1 nitrogen and oxygen atoms in total. The molecular formula is C13H18O. The Morgan fingerprint density at radius 2 is 1.86 bits per heavy atom. The van der Waals surface area contributed by atoms with Crippen molar-refractivity contribution in [1.82, 2.24) is 0 Å². The molecule has 1 aromatic heterocycles. The van der Waals surface area contributed by atoms with Gasteiger partial charge >= 0.3 is 0 Å². The van der Waals surface area contributed by atoms with Gasteiger partial charge in [-0.05, 0) is 24.6 Å². The van der Waals surface area contributed by atoms with E-state index in [4.69, 9.17) is 4.42 Å². The molecular weight excluding hydrogens is 172 g/mol. The highest BCUT2D eigenvalue weighted by atomic mass is 16.3. The molecule has 0 amide bonds. The summed E-state index contributed by atoms with van der Waals surface area (Å²) in [6.45, 7) is 8.18. The lowest BCUT2D eigenvalue weighted by molar-refractivity contribution is 0.557. The van der Waals surface area contributed by atoms with E-state index < -0.39 is 0 Å². The summed E-state index contributed by atoms with van der Waals surface area (Å²) in [5, 5.41) is 1.21. The summed E-state index contributed by atoms with van der Waals surface area (Å²) in [6.07, 6.45) is 0.966. The van der Waals surface area contributed by atoms with E-state index in [-0.39, 0.29) is 0 Å². The van der Waals surface area contributed by atoms with Gasteiger partial charge in [0.25, 0.3) is 0 Å². The minimum Gasteiger partial charge on any atom is -0.461 e. The fourth-order valence-electron chi connectivity index (χ4n) is 1.37. The summed E-state index contributed by atoms with van der Waals surface area (Å²) < 4.78 is 5.60. The lowest BCUT2D eigenvalue weighted by atomic mass is 10.2. The third kappa shape index (κ3) is 2.16. The zero-order chi connectivity index (χ0) is 10.6. The van der Waals surface area contributed by atoms with Gasteiger partial charge < -0.3 is 4.42 Å². The van der Waals surface area contributed by atoms with Gasteiger partial charge in [-0.2, -0.15) is 0 Å². The molecule has 1 heteroatoms. The largest absolute Gasteiger partial charge is 0.461 e. The van der Waals surface area contributed by atoms with E-state index in [1.54, 1.807) is 0 Å². The van der Waals surface area contributed by atoms with Gasteiger partial charge in [-0.25, -0.2) is 0 Å². The van der Waals surface area contributed by atoms with E-state index in [0.29, 0.717) is 0 Å². The van der Waals surface area contributed by atoms with Crippen molar-refractivity contribution in [3.63, 3.8) is 0 Å². The number of fused-ring (bicyclic) bond motifs is 1. The van der Waals surface area contributed by atoms with Crippen molar-refractivity contribution in [1.29, 1.82) is 0 Å². The number of aryl methyl sites for hydroxylation is 2. The minimum atomic E-state index is 0.966. The fraction of sp³-hybridized carbons (Fsp3) is 0.385. The third-order valence-corrected chi connectivity index (χ3v) is 2.08. The Morgan fingerprint density at radius 1 is 1.14 bits per heavy atom. The number of benzene rings is 1. The Balaban J connectivity index is 0.000000461. The van der Waals surface area contributed by atoms with Crippen molar-refractivity contribution in [2.45, 2.75) is 34.1 Å². The lowest BCUT2D eigenvalue weighted by Gasteiger charge is -1.89. The van der Waals surface area contributed by atoms with Crippen LogP contribution in [0.15, 0.2) is 28.7 Å². The van der Waals surface area contributed by atoms with Gasteiger partial charge in [0.2, 0.25) is 0 Å². The van der Waals surface area contributed by atoms with Crippen molar-refractivity contribution in [2.24, 2.45) is 0 Å². The monoisotopic (exact) mass is 190 g/mol. The average molecular weight is 190 g/mol. The molecule has 0 aliphatic rings. The van der Waals surface area contributed by atoms with Crippen molar-refractivity contribution >= 4 is 11.0 Å². The van der Waals surface area contributed by atoms with Crippen LogP contribution >= 0.6 is 0 Å². The van der Waals surface area contributed by atoms with Crippen LogP contribution < -0.4 is 0 Å². The van der Waals surface area contributed by atoms with Gasteiger partial charge in [0, 0.05) is 11.8 Å².